The highest BCUT2D eigenvalue weighted by Gasteiger charge is 2.25. The highest BCUT2D eigenvalue weighted by molar-refractivity contribution is 6.37. The zero-order valence-electron chi connectivity index (χ0n) is 12.8. The molecule has 0 aliphatic heterocycles. The lowest BCUT2D eigenvalue weighted by molar-refractivity contribution is -0.135. The van der Waals surface area contributed by atoms with Crippen LogP contribution < -0.4 is 4.74 Å². The largest absolute Gasteiger partial charge is 0.497 e. The first-order chi connectivity index (χ1) is 10.2. The summed E-state index contributed by atoms with van der Waals surface area (Å²) in [5.41, 5.74) is 1.34. The van der Waals surface area contributed by atoms with Crippen LogP contribution in [0.5, 0.6) is 5.75 Å². The van der Waals surface area contributed by atoms with Crippen molar-refractivity contribution in [3.8, 4) is 5.75 Å². The Morgan fingerprint density at radius 3 is 2.43 bits per heavy atom. The highest BCUT2D eigenvalue weighted by Crippen LogP contribution is 2.27. The Kier molecular flexibility index (Phi) is 5.78. The molecule has 2 rings (SSSR count). The third-order valence-electron chi connectivity index (χ3n) is 3.80. The van der Waals surface area contributed by atoms with Crippen molar-refractivity contribution in [1.29, 1.82) is 0 Å². The molecule has 0 heterocycles. The van der Waals surface area contributed by atoms with Gasteiger partial charge in [0.2, 0.25) is 0 Å². The van der Waals surface area contributed by atoms with Crippen molar-refractivity contribution < 1.29 is 14.3 Å². The van der Waals surface area contributed by atoms with Gasteiger partial charge in [-0.3, -0.25) is 0 Å². The van der Waals surface area contributed by atoms with Crippen LogP contribution in [0.1, 0.15) is 39.0 Å². The van der Waals surface area contributed by atoms with Crippen molar-refractivity contribution in [2.75, 3.05) is 13.7 Å². The van der Waals surface area contributed by atoms with Crippen LogP contribution in [0.3, 0.4) is 0 Å². The second kappa shape index (κ2) is 7.81. The van der Waals surface area contributed by atoms with E-state index in [1.807, 2.05) is 31.2 Å². The smallest absolute Gasteiger partial charge is 0.352 e. The summed E-state index contributed by atoms with van der Waals surface area (Å²) >= 11 is 0. The molecule has 0 unspecified atom stereocenters. The van der Waals surface area contributed by atoms with E-state index in [-0.39, 0.29) is 11.9 Å². The van der Waals surface area contributed by atoms with Crippen LogP contribution in [0.2, 0.25) is 0 Å². The van der Waals surface area contributed by atoms with Crippen LogP contribution in [0, 0.1) is 5.92 Å². The number of carbonyl (C=O) groups excluding carboxylic acids is 1. The van der Waals surface area contributed by atoms with Crippen molar-refractivity contribution in [1.82, 2.24) is 0 Å². The van der Waals surface area contributed by atoms with Gasteiger partial charge in [-0.15, -0.1) is 0 Å². The Morgan fingerprint density at radius 2 is 1.86 bits per heavy atom. The molecule has 21 heavy (non-hydrogen) atoms. The molecule has 0 aromatic heterocycles. The number of rotatable bonds is 5. The standard InChI is InChI=1S/C17H23NO3/c1-3-21-17(19)16(13-7-5-4-6-8-13)18-14-9-11-15(20-2)12-10-14/h9-13H,3-8H2,1-2H3. The van der Waals surface area contributed by atoms with E-state index in [4.69, 9.17) is 9.47 Å². The monoisotopic (exact) mass is 289 g/mol. The third kappa shape index (κ3) is 4.31. The summed E-state index contributed by atoms with van der Waals surface area (Å²) in [6.07, 6.45) is 5.61. The number of aliphatic imine (C=N–C) groups is 1. The molecule has 1 fully saturated rings. The zero-order valence-corrected chi connectivity index (χ0v) is 12.8. The maximum atomic E-state index is 12.2. The molecule has 114 valence electrons. The number of benzene rings is 1. The predicted octanol–water partition coefficient (Wildman–Crippen LogP) is 3.91. The zero-order chi connectivity index (χ0) is 15.1. The first kappa shape index (κ1) is 15.5. The summed E-state index contributed by atoms with van der Waals surface area (Å²) in [5.74, 6) is 0.726. The molecule has 0 spiro atoms. The number of hydrogen-bond acceptors (Lipinski definition) is 4. The normalized spacial score (nSPS) is 16.6. The minimum absolute atomic E-state index is 0.222. The van der Waals surface area contributed by atoms with Crippen LogP contribution in [0.25, 0.3) is 0 Å². The number of carbonyl (C=O) groups is 1. The molecule has 4 heteroatoms. The molecule has 1 aliphatic carbocycles. The number of hydrogen-bond donors (Lipinski definition) is 0. The molecular formula is C17H23NO3. The lowest BCUT2D eigenvalue weighted by Gasteiger charge is -2.22. The molecule has 4 nitrogen and oxygen atoms in total. The lowest BCUT2D eigenvalue weighted by atomic mass is 9.85. The van der Waals surface area contributed by atoms with Crippen molar-refractivity contribution >= 4 is 17.4 Å². The van der Waals surface area contributed by atoms with Crippen molar-refractivity contribution in [2.24, 2.45) is 10.9 Å². The number of ether oxygens (including phenoxy) is 2. The number of methoxy groups -OCH3 is 1. The molecule has 0 radical (unpaired) electrons. The van der Waals surface area contributed by atoms with Crippen LogP contribution in [0.15, 0.2) is 29.3 Å². The summed E-state index contributed by atoms with van der Waals surface area (Å²) in [6.45, 7) is 2.21. The van der Waals surface area contributed by atoms with Gasteiger partial charge < -0.3 is 9.47 Å². The number of esters is 1. The van der Waals surface area contributed by atoms with E-state index >= 15 is 0 Å². The van der Waals surface area contributed by atoms with Gasteiger partial charge in [-0.05, 0) is 44.0 Å². The number of nitrogens with zero attached hydrogens (tertiary/aromatic N) is 1. The van der Waals surface area contributed by atoms with Crippen molar-refractivity contribution in [2.45, 2.75) is 39.0 Å². The molecule has 0 atom stereocenters. The minimum atomic E-state index is -0.278. The molecule has 1 aromatic carbocycles. The summed E-state index contributed by atoms with van der Waals surface area (Å²) in [6, 6.07) is 7.42. The quantitative estimate of drug-likeness (QED) is 0.610. The average Bonchev–Trinajstić information content (AvgIpc) is 2.54. The molecular weight excluding hydrogens is 266 g/mol. The maximum absolute atomic E-state index is 12.2. The van der Waals surface area contributed by atoms with Gasteiger partial charge in [-0.25, -0.2) is 9.79 Å². The van der Waals surface area contributed by atoms with E-state index in [1.54, 1.807) is 7.11 Å². The molecule has 0 bridgehead atoms. The molecule has 0 amide bonds. The molecule has 1 saturated carbocycles. The Bertz CT molecular complexity index is 487. The molecule has 0 N–H and O–H groups in total. The summed E-state index contributed by atoms with van der Waals surface area (Å²) < 4.78 is 10.3. The van der Waals surface area contributed by atoms with Crippen LogP contribution in [-0.4, -0.2) is 25.4 Å². The fourth-order valence-electron chi connectivity index (χ4n) is 2.68. The second-order valence-corrected chi connectivity index (χ2v) is 5.25. The van der Waals surface area contributed by atoms with Crippen LogP contribution in [0.4, 0.5) is 5.69 Å². The van der Waals surface area contributed by atoms with Gasteiger partial charge in [-0.1, -0.05) is 19.3 Å². The predicted molar refractivity (Wildman–Crippen MR) is 83.3 cm³/mol. The van der Waals surface area contributed by atoms with E-state index in [0.29, 0.717) is 12.3 Å². The molecule has 0 saturated heterocycles. The van der Waals surface area contributed by atoms with Gasteiger partial charge >= 0.3 is 5.97 Å². The Hall–Kier alpha value is -1.84. The van der Waals surface area contributed by atoms with Crippen molar-refractivity contribution in [3.63, 3.8) is 0 Å². The van der Waals surface area contributed by atoms with Gasteiger partial charge in [-0.2, -0.15) is 0 Å². The molecule has 1 aliphatic rings. The topological polar surface area (TPSA) is 47.9 Å². The summed E-state index contributed by atoms with van der Waals surface area (Å²) in [5, 5.41) is 0. The summed E-state index contributed by atoms with van der Waals surface area (Å²) in [7, 11) is 1.63. The van der Waals surface area contributed by atoms with E-state index in [2.05, 4.69) is 4.99 Å². The summed E-state index contributed by atoms with van der Waals surface area (Å²) in [4.78, 5) is 16.8. The Balaban J connectivity index is 2.23. The highest BCUT2D eigenvalue weighted by atomic mass is 16.5. The fourth-order valence-corrected chi connectivity index (χ4v) is 2.68. The lowest BCUT2D eigenvalue weighted by Crippen LogP contribution is -2.27. The first-order valence-electron chi connectivity index (χ1n) is 7.64. The van der Waals surface area contributed by atoms with Gasteiger partial charge in [0.1, 0.15) is 11.5 Å². The third-order valence-corrected chi connectivity index (χ3v) is 3.80. The van der Waals surface area contributed by atoms with E-state index in [1.165, 1.54) is 6.42 Å². The minimum Gasteiger partial charge on any atom is -0.497 e. The fraction of sp³-hybridized carbons (Fsp3) is 0.529. The Morgan fingerprint density at radius 1 is 1.19 bits per heavy atom. The van der Waals surface area contributed by atoms with E-state index in [0.717, 1.165) is 37.1 Å². The first-order valence-corrected chi connectivity index (χ1v) is 7.64. The van der Waals surface area contributed by atoms with Gasteiger partial charge in [0, 0.05) is 5.92 Å². The van der Waals surface area contributed by atoms with Crippen LogP contribution >= 0.6 is 0 Å². The van der Waals surface area contributed by atoms with Gasteiger partial charge in [0.25, 0.3) is 0 Å². The van der Waals surface area contributed by atoms with Gasteiger partial charge in [0.05, 0.1) is 19.4 Å². The average molecular weight is 289 g/mol. The Labute approximate surface area is 126 Å². The van der Waals surface area contributed by atoms with Crippen LogP contribution in [-0.2, 0) is 9.53 Å². The molecule has 1 aromatic rings. The SMILES string of the molecule is CCOC(=O)C(=Nc1ccc(OC)cc1)C1CCCCC1. The van der Waals surface area contributed by atoms with Gasteiger partial charge in [0.15, 0.2) is 0 Å². The second-order valence-electron chi connectivity index (χ2n) is 5.25. The maximum Gasteiger partial charge on any atom is 0.352 e. The van der Waals surface area contributed by atoms with E-state index < -0.39 is 0 Å². The van der Waals surface area contributed by atoms with Crippen molar-refractivity contribution in [3.05, 3.63) is 24.3 Å². The van der Waals surface area contributed by atoms with E-state index in [9.17, 15) is 4.79 Å².